The average Bonchev–Trinajstić information content (AvgIpc) is 3.04. The second-order valence-electron chi connectivity index (χ2n) is 6.38. The Kier molecular flexibility index (Phi) is 6.59. The topological polar surface area (TPSA) is 99.5 Å². The first-order valence-electron chi connectivity index (χ1n) is 8.70. The van der Waals surface area contributed by atoms with Crippen molar-refractivity contribution in [3.8, 4) is 6.07 Å². The summed E-state index contributed by atoms with van der Waals surface area (Å²) in [6.07, 6.45) is 0.535. The number of amides is 1. The SMILES string of the molecule is Cc1ccccc1CN(C1=C(NC=O)N(C)C(S(=O)[O-])S1)c1ccc(C#N)cc1. The molecular weight excluding hydrogens is 408 g/mol. The van der Waals surface area contributed by atoms with Crippen molar-refractivity contribution in [2.45, 2.75) is 18.2 Å². The molecule has 150 valence electrons. The van der Waals surface area contributed by atoms with Gasteiger partial charge >= 0.3 is 0 Å². The minimum atomic E-state index is -2.37. The Bertz CT molecular complexity index is 1000. The van der Waals surface area contributed by atoms with Crippen LogP contribution in [-0.4, -0.2) is 31.8 Å². The summed E-state index contributed by atoms with van der Waals surface area (Å²) in [5.41, 5.74) is 3.46. The maximum absolute atomic E-state index is 11.7. The summed E-state index contributed by atoms with van der Waals surface area (Å²) in [4.78, 5) is 14.7. The lowest BCUT2D eigenvalue weighted by Gasteiger charge is -2.27. The van der Waals surface area contributed by atoms with Gasteiger partial charge in [-0.1, -0.05) is 36.0 Å². The summed E-state index contributed by atoms with van der Waals surface area (Å²) in [6.45, 7) is 2.48. The van der Waals surface area contributed by atoms with Crippen molar-refractivity contribution in [2.75, 3.05) is 11.9 Å². The zero-order valence-corrected chi connectivity index (χ0v) is 17.5. The van der Waals surface area contributed by atoms with Crippen LogP contribution in [0.2, 0.25) is 0 Å². The van der Waals surface area contributed by atoms with Crippen LogP contribution in [0.25, 0.3) is 0 Å². The summed E-state index contributed by atoms with van der Waals surface area (Å²) in [6, 6.07) is 17.0. The van der Waals surface area contributed by atoms with Gasteiger partial charge in [0, 0.05) is 19.3 Å². The van der Waals surface area contributed by atoms with E-state index in [1.165, 1.54) is 4.90 Å². The highest BCUT2D eigenvalue weighted by Gasteiger charge is 2.34. The highest BCUT2D eigenvalue weighted by Crippen LogP contribution is 2.41. The molecule has 1 aliphatic heterocycles. The Morgan fingerprint density at radius 1 is 1.31 bits per heavy atom. The summed E-state index contributed by atoms with van der Waals surface area (Å²) in [7, 11) is 1.62. The van der Waals surface area contributed by atoms with Crippen molar-refractivity contribution < 1.29 is 13.6 Å². The molecule has 0 radical (unpaired) electrons. The number of nitriles is 1. The van der Waals surface area contributed by atoms with Gasteiger partial charge in [-0.15, -0.1) is 0 Å². The Hall–Kier alpha value is -2.80. The van der Waals surface area contributed by atoms with E-state index in [0.717, 1.165) is 28.6 Å². The molecule has 2 unspecified atom stereocenters. The number of thioether (sulfide) groups is 1. The average molecular weight is 428 g/mol. The molecule has 1 amide bonds. The molecule has 0 saturated carbocycles. The summed E-state index contributed by atoms with van der Waals surface area (Å²) < 4.78 is 22.5. The first kappa shape index (κ1) is 20.9. The van der Waals surface area contributed by atoms with Crippen molar-refractivity contribution in [3.63, 3.8) is 0 Å². The van der Waals surface area contributed by atoms with Gasteiger partial charge in [-0.25, -0.2) is 0 Å². The number of nitrogens with zero attached hydrogens (tertiary/aromatic N) is 3. The Labute approximate surface area is 176 Å². The molecule has 1 aliphatic rings. The first-order chi connectivity index (χ1) is 14.0. The van der Waals surface area contributed by atoms with Crippen molar-refractivity contribution in [3.05, 3.63) is 76.1 Å². The maximum atomic E-state index is 11.7. The van der Waals surface area contributed by atoms with Crippen LogP contribution in [0.1, 0.15) is 16.7 Å². The monoisotopic (exact) mass is 427 g/mol. The minimum absolute atomic E-state index is 0.414. The molecule has 0 aliphatic carbocycles. The van der Waals surface area contributed by atoms with Gasteiger partial charge in [0.05, 0.1) is 11.6 Å². The number of aryl methyl sites for hydroxylation is 1. The fourth-order valence-corrected chi connectivity index (χ4v) is 5.04. The van der Waals surface area contributed by atoms with E-state index >= 15 is 0 Å². The van der Waals surface area contributed by atoms with Crippen molar-refractivity contribution in [1.82, 2.24) is 10.2 Å². The molecule has 2 atom stereocenters. The molecule has 7 nitrogen and oxygen atoms in total. The molecule has 2 aromatic carbocycles. The normalized spacial score (nSPS) is 17.0. The maximum Gasteiger partial charge on any atom is 0.212 e. The van der Waals surface area contributed by atoms with E-state index in [1.54, 1.807) is 19.2 Å². The smallest absolute Gasteiger partial charge is 0.212 e. The lowest BCUT2D eigenvalue weighted by molar-refractivity contribution is -0.109. The summed E-state index contributed by atoms with van der Waals surface area (Å²) in [5, 5.41) is 12.3. The Morgan fingerprint density at radius 3 is 2.59 bits per heavy atom. The lowest BCUT2D eigenvalue weighted by Crippen LogP contribution is -2.33. The third-order valence-corrected chi connectivity index (χ3v) is 7.15. The number of nitrogens with one attached hydrogen (secondary N) is 1. The van der Waals surface area contributed by atoms with Crippen LogP contribution in [0, 0.1) is 18.3 Å². The van der Waals surface area contributed by atoms with Gasteiger partial charge in [-0.05, 0) is 53.4 Å². The Balaban J connectivity index is 2.10. The largest absolute Gasteiger partial charge is 0.770 e. The molecule has 1 heterocycles. The quantitative estimate of drug-likeness (QED) is 0.535. The number of hydrogen-bond acceptors (Lipinski definition) is 7. The van der Waals surface area contributed by atoms with Gasteiger partial charge in [0.1, 0.15) is 15.6 Å². The highest BCUT2D eigenvalue weighted by atomic mass is 32.2. The summed E-state index contributed by atoms with van der Waals surface area (Å²) >= 11 is -1.23. The number of carbonyl (C=O) groups is 1. The van der Waals surface area contributed by atoms with Crippen molar-refractivity contribution in [2.24, 2.45) is 0 Å². The molecule has 0 spiro atoms. The molecule has 2 aromatic rings. The number of carbonyl (C=O) groups excluding carboxylic acids is 1. The minimum Gasteiger partial charge on any atom is -0.770 e. The zero-order valence-electron chi connectivity index (χ0n) is 15.9. The van der Waals surface area contributed by atoms with Gasteiger partial charge in [0.25, 0.3) is 0 Å². The summed E-state index contributed by atoms with van der Waals surface area (Å²) in [5.74, 6) is 0.414. The van der Waals surface area contributed by atoms with Crippen LogP contribution < -0.4 is 10.2 Å². The number of anilines is 1. The molecule has 0 saturated heterocycles. The van der Waals surface area contributed by atoms with Crippen molar-refractivity contribution in [1.29, 1.82) is 5.26 Å². The van der Waals surface area contributed by atoms with E-state index in [-0.39, 0.29) is 0 Å². The lowest BCUT2D eigenvalue weighted by atomic mass is 10.1. The molecule has 0 bridgehead atoms. The second kappa shape index (κ2) is 9.13. The van der Waals surface area contributed by atoms with E-state index in [1.807, 2.05) is 48.2 Å². The van der Waals surface area contributed by atoms with Crippen LogP contribution >= 0.6 is 11.8 Å². The number of benzene rings is 2. The van der Waals surface area contributed by atoms with Crippen LogP contribution in [0.5, 0.6) is 0 Å². The van der Waals surface area contributed by atoms with Gasteiger partial charge in [0.15, 0.2) is 0 Å². The van der Waals surface area contributed by atoms with E-state index in [0.29, 0.717) is 29.4 Å². The molecule has 1 N–H and O–H groups in total. The van der Waals surface area contributed by atoms with E-state index < -0.39 is 15.8 Å². The zero-order chi connectivity index (χ0) is 21.0. The fraction of sp³-hybridized carbons (Fsp3) is 0.200. The van der Waals surface area contributed by atoms with Gasteiger partial charge in [-0.3, -0.25) is 9.00 Å². The van der Waals surface area contributed by atoms with E-state index in [4.69, 9.17) is 5.26 Å². The molecule has 29 heavy (non-hydrogen) atoms. The second-order valence-corrected chi connectivity index (χ2v) is 8.72. The molecule has 0 fully saturated rings. The fourth-order valence-electron chi connectivity index (χ4n) is 3.02. The first-order valence-corrected chi connectivity index (χ1v) is 10.7. The number of rotatable bonds is 7. The third kappa shape index (κ3) is 4.45. The van der Waals surface area contributed by atoms with Crippen LogP contribution in [0.3, 0.4) is 0 Å². The van der Waals surface area contributed by atoms with E-state index in [2.05, 4.69) is 11.4 Å². The molecule has 9 heteroatoms. The number of hydrogen-bond donors (Lipinski definition) is 1. The van der Waals surface area contributed by atoms with Crippen LogP contribution in [0.4, 0.5) is 5.69 Å². The van der Waals surface area contributed by atoms with Gasteiger partial charge in [-0.2, -0.15) is 5.26 Å². The van der Waals surface area contributed by atoms with Crippen LogP contribution in [0.15, 0.2) is 59.4 Å². The standard InChI is InChI=1S/C20H20N4O3S2/c1-14-5-3-4-6-16(14)12-24(17-9-7-15(11-21)8-10-17)19-18(22-13-25)23(2)20(28-19)29(26)27/h3-10,13,20H,12H2,1-2H3,(H,22,25)(H,26,27)/p-1. The third-order valence-electron chi connectivity index (χ3n) is 4.59. The van der Waals surface area contributed by atoms with E-state index in [9.17, 15) is 13.6 Å². The van der Waals surface area contributed by atoms with Gasteiger partial charge in [0.2, 0.25) is 6.41 Å². The van der Waals surface area contributed by atoms with Crippen LogP contribution in [-0.2, 0) is 22.4 Å². The predicted molar refractivity (Wildman–Crippen MR) is 113 cm³/mol. The molecular formula is C20H19N4O3S2-. The highest BCUT2D eigenvalue weighted by molar-refractivity contribution is 8.12. The van der Waals surface area contributed by atoms with Gasteiger partial charge < -0.3 is 19.7 Å². The Morgan fingerprint density at radius 2 is 2.00 bits per heavy atom. The molecule has 3 rings (SSSR count). The van der Waals surface area contributed by atoms with Crippen molar-refractivity contribution >= 4 is 34.9 Å². The molecule has 0 aromatic heterocycles. The predicted octanol–water partition coefficient (Wildman–Crippen LogP) is 2.59.